The molecule has 1 saturated carbocycles. The molecule has 5 nitrogen and oxygen atoms in total. The van der Waals surface area contributed by atoms with Crippen LogP contribution in [0.3, 0.4) is 0 Å². The van der Waals surface area contributed by atoms with E-state index in [0.717, 1.165) is 12.8 Å². The van der Waals surface area contributed by atoms with Gasteiger partial charge in [0.2, 0.25) is 0 Å². The summed E-state index contributed by atoms with van der Waals surface area (Å²) in [6.07, 6.45) is 2.20. The van der Waals surface area contributed by atoms with Crippen LogP contribution in [-0.4, -0.2) is 17.6 Å². The first-order chi connectivity index (χ1) is 8.11. The molecule has 0 spiro atoms. The highest BCUT2D eigenvalue weighted by molar-refractivity contribution is 5.90. The van der Waals surface area contributed by atoms with Crippen molar-refractivity contribution in [1.82, 2.24) is 4.98 Å². The second-order valence-electron chi connectivity index (χ2n) is 4.20. The Labute approximate surface area is 98.0 Å². The van der Waals surface area contributed by atoms with Crippen molar-refractivity contribution in [2.45, 2.75) is 19.8 Å². The summed E-state index contributed by atoms with van der Waals surface area (Å²) in [5.41, 5.74) is 0.120. The van der Waals surface area contributed by atoms with Gasteiger partial charge in [0.1, 0.15) is 11.6 Å². The van der Waals surface area contributed by atoms with Crippen LogP contribution in [0.4, 0.5) is 0 Å². The number of H-pyrrole nitrogens is 1. The zero-order valence-corrected chi connectivity index (χ0v) is 9.45. The molecule has 0 aliphatic heterocycles. The summed E-state index contributed by atoms with van der Waals surface area (Å²) in [5.74, 6) is -0.000366. The Balaban J connectivity index is 2.21. The Morgan fingerprint density at radius 1 is 1.65 bits per heavy atom. The molecule has 1 aromatic rings. The molecule has 1 aromatic heterocycles. The Bertz CT molecular complexity index is 550. The second-order valence-corrected chi connectivity index (χ2v) is 4.20. The van der Waals surface area contributed by atoms with Crippen molar-refractivity contribution in [2.24, 2.45) is 5.92 Å². The van der Waals surface area contributed by atoms with Gasteiger partial charge in [-0.2, -0.15) is 5.26 Å². The number of nitriles is 1. The van der Waals surface area contributed by atoms with Crippen molar-refractivity contribution in [1.29, 1.82) is 5.26 Å². The minimum Gasteiger partial charge on any atom is -0.462 e. The van der Waals surface area contributed by atoms with Crippen molar-refractivity contribution in [2.75, 3.05) is 6.61 Å². The molecule has 1 N–H and O–H groups in total. The predicted octanol–water partition coefficient (Wildman–Crippen LogP) is 1.12. The Hall–Kier alpha value is -2.09. The number of carbonyl (C=O) groups excluding carboxylic acids is 1. The fourth-order valence-electron chi connectivity index (χ4n) is 1.47. The van der Waals surface area contributed by atoms with Gasteiger partial charge < -0.3 is 9.72 Å². The number of esters is 1. The van der Waals surface area contributed by atoms with Gasteiger partial charge >= 0.3 is 5.97 Å². The van der Waals surface area contributed by atoms with Crippen LogP contribution in [0, 0.1) is 24.2 Å². The smallest absolute Gasteiger partial charge is 0.339 e. The molecular formula is C12H12N2O3. The van der Waals surface area contributed by atoms with Gasteiger partial charge in [-0.1, -0.05) is 0 Å². The maximum Gasteiger partial charge on any atom is 0.339 e. The molecule has 1 fully saturated rings. The normalized spacial score (nSPS) is 14.1. The van der Waals surface area contributed by atoms with Crippen LogP contribution in [0.5, 0.6) is 0 Å². The largest absolute Gasteiger partial charge is 0.462 e. The van der Waals surface area contributed by atoms with E-state index in [1.807, 2.05) is 0 Å². The number of aromatic nitrogens is 1. The number of hydrogen-bond donors (Lipinski definition) is 1. The summed E-state index contributed by atoms with van der Waals surface area (Å²) < 4.78 is 5.10. The van der Waals surface area contributed by atoms with Crippen LogP contribution in [0.2, 0.25) is 0 Å². The molecule has 0 radical (unpaired) electrons. The van der Waals surface area contributed by atoms with Crippen LogP contribution in [0.25, 0.3) is 0 Å². The third kappa shape index (κ3) is 2.53. The molecule has 0 amide bonds. The van der Waals surface area contributed by atoms with E-state index in [-0.39, 0.29) is 11.1 Å². The maximum atomic E-state index is 11.7. The lowest BCUT2D eigenvalue weighted by Crippen LogP contribution is -2.17. The van der Waals surface area contributed by atoms with E-state index in [9.17, 15) is 9.59 Å². The number of aromatic amines is 1. The van der Waals surface area contributed by atoms with Crippen molar-refractivity contribution in [3.05, 3.63) is 33.2 Å². The van der Waals surface area contributed by atoms with E-state index in [4.69, 9.17) is 10.00 Å². The average Bonchev–Trinajstić information content (AvgIpc) is 3.10. The minimum atomic E-state index is -0.484. The van der Waals surface area contributed by atoms with E-state index in [0.29, 0.717) is 18.2 Å². The van der Waals surface area contributed by atoms with E-state index >= 15 is 0 Å². The lowest BCUT2D eigenvalue weighted by Gasteiger charge is -2.06. The zero-order chi connectivity index (χ0) is 12.4. The van der Waals surface area contributed by atoms with Crippen molar-refractivity contribution in [3.8, 4) is 6.07 Å². The van der Waals surface area contributed by atoms with Crippen LogP contribution in [0.1, 0.15) is 34.5 Å². The molecule has 1 aliphatic rings. The number of hydrogen-bond acceptors (Lipinski definition) is 4. The van der Waals surface area contributed by atoms with Crippen LogP contribution >= 0.6 is 0 Å². The quantitative estimate of drug-likeness (QED) is 0.791. The molecule has 17 heavy (non-hydrogen) atoms. The van der Waals surface area contributed by atoms with Gasteiger partial charge in [-0.3, -0.25) is 4.79 Å². The molecule has 0 saturated heterocycles. The monoisotopic (exact) mass is 232 g/mol. The average molecular weight is 232 g/mol. The highest BCUT2D eigenvalue weighted by Gasteiger charge is 2.24. The number of pyridine rings is 1. The molecule has 88 valence electrons. The van der Waals surface area contributed by atoms with Crippen LogP contribution in [0.15, 0.2) is 10.9 Å². The van der Waals surface area contributed by atoms with E-state index in [2.05, 4.69) is 4.98 Å². The Morgan fingerprint density at radius 3 is 2.94 bits per heavy atom. The van der Waals surface area contributed by atoms with Gasteiger partial charge in [0.15, 0.2) is 0 Å². The number of nitrogens with one attached hydrogen (secondary N) is 1. The lowest BCUT2D eigenvalue weighted by atomic mass is 10.1. The number of aryl methyl sites for hydroxylation is 1. The summed E-state index contributed by atoms with van der Waals surface area (Å²) in [6, 6.07) is 3.02. The first-order valence-electron chi connectivity index (χ1n) is 5.43. The first kappa shape index (κ1) is 11.4. The van der Waals surface area contributed by atoms with Gasteiger partial charge in [0.25, 0.3) is 5.56 Å². The van der Waals surface area contributed by atoms with E-state index in [1.54, 1.807) is 13.0 Å². The van der Waals surface area contributed by atoms with Crippen molar-refractivity contribution in [3.63, 3.8) is 0 Å². The SMILES string of the molecule is Cc1[nH]c(=O)c(C#N)cc1C(=O)OCC1CC1. The molecule has 0 bridgehead atoms. The third-order valence-corrected chi connectivity index (χ3v) is 2.73. The molecule has 0 aromatic carbocycles. The lowest BCUT2D eigenvalue weighted by molar-refractivity contribution is 0.0484. The molecule has 0 unspecified atom stereocenters. The predicted molar refractivity (Wildman–Crippen MR) is 59.5 cm³/mol. The number of rotatable bonds is 3. The van der Waals surface area contributed by atoms with Gasteiger partial charge in [0, 0.05) is 5.69 Å². The van der Waals surface area contributed by atoms with Crippen molar-refractivity contribution < 1.29 is 9.53 Å². The number of ether oxygens (including phenoxy) is 1. The summed E-state index contributed by atoms with van der Waals surface area (Å²) in [6.45, 7) is 2.02. The van der Waals surface area contributed by atoms with E-state index in [1.165, 1.54) is 6.07 Å². The van der Waals surface area contributed by atoms with Crippen LogP contribution in [-0.2, 0) is 4.74 Å². The fourth-order valence-corrected chi connectivity index (χ4v) is 1.47. The van der Waals surface area contributed by atoms with E-state index < -0.39 is 11.5 Å². The van der Waals surface area contributed by atoms with Gasteiger partial charge in [0.05, 0.1) is 12.2 Å². The standard InChI is InChI=1S/C12H12N2O3/c1-7-10(4-9(5-13)11(15)14-7)12(16)17-6-8-2-3-8/h4,8H,2-3,6H2,1H3,(H,14,15). The fraction of sp³-hybridized carbons (Fsp3) is 0.417. The summed E-state index contributed by atoms with van der Waals surface area (Å²) >= 11 is 0. The third-order valence-electron chi connectivity index (χ3n) is 2.73. The highest BCUT2D eigenvalue weighted by atomic mass is 16.5. The van der Waals surface area contributed by atoms with Crippen molar-refractivity contribution >= 4 is 5.97 Å². The molecular weight excluding hydrogens is 220 g/mol. The topological polar surface area (TPSA) is 83.0 Å². The molecule has 1 aliphatic carbocycles. The Morgan fingerprint density at radius 2 is 2.35 bits per heavy atom. The summed E-state index contributed by atoms with van der Waals surface area (Å²) in [4.78, 5) is 25.5. The number of carbonyl (C=O) groups is 1. The summed E-state index contributed by atoms with van der Waals surface area (Å²) in [7, 11) is 0. The van der Waals surface area contributed by atoms with Gasteiger partial charge in [-0.25, -0.2) is 4.79 Å². The van der Waals surface area contributed by atoms with Crippen LogP contribution < -0.4 is 5.56 Å². The molecule has 2 rings (SSSR count). The Kier molecular flexibility index (Phi) is 2.96. The van der Waals surface area contributed by atoms with Gasteiger partial charge in [-0.05, 0) is 31.7 Å². The van der Waals surface area contributed by atoms with Gasteiger partial charge in [-0.15, -0.1) is 0 Å². The minimum absolute atomic E-state index is 0.0750. The maximum absolute atomic E-state index is 11.7. The zero-order valence-electron chi connectivity index (χ0n) is 9.45. The second kappa shape index (κ2) is 4.42. The first-order valence-corrected chi connectivity index (χ1v) is 5.43. The molecule has 0 atom stereocenters. The summed E-state index contributed by atoms with van der Waals surface area (Å²) in [5, 5.41) is 8.72. The molecule has 5 heteroatoms. The molecule has 1 heterocycles. The number of nitrogens with zero attached hydrogens (tertiary/aromatic N) is 1. The highest BCUT2D eigenvalue weighted by Crippen LogP contribution is 2.29.